The van der Waals surface area contributed by atoms with E-state index in [1.54, 1.807) is 0 Å². The Morgan fingerprint density at radius 3 is 3.00 bits per heavy atom. The highest BCUT2D eigenvalue weighted by Crippen LogP contribution is 2.23. The quantitative estimate of drug-likeness (QED) is 0.839. The molecule has 20 heavy (non-hydrogen) atoms. The van der Waals surface area contributed by atoms with Crippen molar-refractivity contribution < 1.29 is 9.53 Å². The van der Waals surface area contributed by atoms with Crippen LogP contribution in [0, 0.1) is 0 Å². The van der Waals surface area contributed by atoms with Crippen molar-refractivity contribution in [1.82, 2.24) is 0 Å². The highest BCUT2D eigenvalue weighted by Gasteiger charge is 2.22. The van der Waals surface area contributed by atoms with Gasteiger partial charge >= 0.3 is 0 Å². The maximum absolute atomic E-state index is 11.1. The first-order chi connectivity index (χ1) is 9.69. The highest BCUT2D eigenvalue weighted by molar-refractivity contribution is 5.78. The molecule has 1 amide bonds. The van der Waals surface area contributed by atoms with Crippen LogP contribution in [0.3, 0.4) is 0 Å². The first-order valence-corrected chi connectivity index (χ1v) is 7.43. The highest BCUT2D eigenvalue weighted by atomic mass is 16.5. The summed E-state index contributed by atoms with van der Waals surface area (Å²) in [5.74, 6) is -0.296. The lowest BCUT2D eigenvalue weighted by Crippen LogP contribution is -2.34. The third-order valence-corrected chi connectivity index (χ3v) is 3.72. The van der Waals surface area contributed by atoms with Crippen LogP contribution < -0.4 is 11.1 Å². The molecule has 1 saturated heterocycles. The molecule has 0 aromatic heterocycles. The van der Waals surface area contributed by atoms with E-state index in [0.717, 1.165) is 43.5 Å². The number of ether oxygens (including phenoxy) is 1. The van der Waals surface area contributed by atoms with Gasteiger partial charge in [-0.2, -0.15) is 0 Å². The standard InChI is InChI=1S/C16H24N2O2/c1-2-5-14-11-13(8-9-20-14)18-15-7-4-3-6-12(15)10-16(17)19/h3-4,6-7,13-14,18H,2,5,8-11H2,1H3,(H2,17,19). The van der Waals surface area contributed by atoms with Crippen LogP contribution in [-0.4, -0.2) is 24.7 Å². The second-order valence-electron chi connectivity index (χ2n) is 5.45. The van der Waals surface area contributed by atoms with Crippen molar-refractivity contribution in [2.45, 2.75) is 51.2 Å². The molecular weight excluding hydrogens is 252 g/mol. The maximum Gasteiger partial charge on any atom is 0.221 e. The van der Waals surface area contributed by atoms with Gasteiger partial charge in [-0.3, -0.25) is 4.79 Å². The fraction of sp³-hybridized carbons (Fsp3) is 0.562. The molecule has 110 valence electrons. The van der Waals surface area contributed by atoms with Gasteiger partial charge in [-0.15, -0.1) is 0 Å². The molecule has 1 aromatic carbocycles. The lowest BCUT2D eigenvalue weighted by atomic mass is 9.99. The summed E-state index contributed by atoms with van der Waals surface area (Å²) in [6, 6.07) is 8.30. The fourth-order valence-electron chi connectivity index (χ4n) is 2.76. The third kappa shape index (κ3) is 4.23. The summed E-state index contributed by atoms with van der Waals surface area (Å²) in [7, 11) is 0. The molecule has 0 radical (unpaired) electrons. The summed E-state index contributed by atoms with van der Waals surface area (Å²) in [5.41, 5.74) is 7.29. The topological polar surface area (TPSA) is 64.3 Å². The maximum atomic E-state index is 11.1. The van der Waals surface area contributed by atoms with Gasteiger partial charge in [0.15, 0.2) is 0 Å². The largest absolute Gasteiger partial charge is 0.382 e. The Bertz CT molecular complexity index is 446. The van der Waals surface area contributed by atoms with E-state index in [0.29, 0.717) is 12.1 Å². The van der Waals surface area contributed by atoms with Gasteiger partial charge in [0.1, 0.15) is 0 Å². The Kier molecular flexibility index (Phi) is 5.41. The second-order valence-corrected chi connectivity index (χ2v) is 5.45. The SMILES string of the molecule is CCCC1CC(Nc2ccccc2CC(N)=O)CCO1. The molecule has 1 heterocycles. The Morgan fingerprint density at radius 1 is 1.45 bits per heavy atom. The van der Waals surface area contributed by atoms with Gasteiger partial charge in [0.05, 0.1) is 12.5 Å². The number of amides is 1. The van der Waals surface area contributed by atoms with Gasteiger partial charge in [0, 0.05) is 18.3 Å². The molecule has 1 aromatic rings. The summed E-state index contributed by atoms with van der Waals surface area (Å²) in [4.78, 5) is 11.1. The number of hydrogen-bond donors (Lipinski definition) is 2. The minimum atomic E-state index is -0.296. The van der Waals surface area contributed by atoms with Crippen LogP contribution in [0.4, 0.5) is 5.69 Å². The number of para-hydroxylation sites is 1. The summed E-state index contributed by atoms with van der Waals surface area (Å²) >= 11 is 0. The number of nitrogens with two attached hydrogens (primary N) is 1. The summed E-state index contributed by atoms with van der Waals surface area (Å²) < 4.78 is 5.77. The molecule has 2 atom stereocenters. The van der Waals surface area contributed by atoms with Gasteiger partial charge in [-0.25, -0.2) is 0 Å². The fourth-order valence-corrected chi connectivity index (χ4v) is 2.76. The zero-order chi connectivity index (χ0) is 14.4. The minimum absolute atomic E-state index is 0.283. The molecule has 2 rings (SSSR count). The molecule has 1 fully saturated rings. The van der Waals surface area contributed by atoms with E-state index in [9.17, 15) is 4.79 Å². The number of benzene rings is 1. The summed E-state index contributed by atoms with van der Waals surface area (Å²) in [5, 5.41) is 3.56. The molecule has 0 bridgehead atoms. The molecule has 4 nitrogen and oxygen atoms in total. The van der Waals surface area contributed by atoms with E-state index in [1.807, 2.05) is 24.3 Å². The van der Waals surface area contributed by atoms with Gasteiger partial charge in [0.2, 0.25) is 5.91 Å². The molecule has 1 aliphatic rings. The Hall–Kier alpha value is -1.55. The van der Waals surface area contributed by atoms with E-state index in [4.69, 9.17) is 10.5 Å². The van der Waals surface area contributed by atoms with Crippen LogP contribution in [0.5, 0.6) is 0 Å². The van der Waals surface area contributed by atoms with Gasteiger partial charge in [-0.1, -0.05) is 31.5 Å². The number of primary amides is 1. The molecule has 0 saturated carbocycles. The monoisotopic (exact) mass is 276 g/mol. The molecular formula is C16H24N2O2. The summed E-state index contributed by atoms with van der Waals surface area (Å²) in [6.07, 6.45) is 4.93. The van der Waals surface area contributed by atoms with Crippen molar-refractivity contribution in [3.8, 4) is 0 Å². The molecule has 4 heteroatoms. The minimum Gasteiger partial charge on any atom is -0.382 e. The van der Waals surface area contributed by atoms with Crippen molar-refractivity contribution >= 4 is 11.6 Å². The van der Waals surface area contributed by atoms with Crippen LogP contribution in [0.2, 0.25) is 0 Å². The van der Waals surface area contributed by atoms with Crippen LogP contribution in [0.1, 0.15) is 38.2 Å². The van der Waals surface area contributed by atoms with Crippen LogP contribution in [-0.2, 0) is 16.0 Å². The first kappa shape index (κ1) is 14.9. The Balaban J connectivity index is 2.00. The predicted molar refractivity (Wildman–Crippen MR) is 80.6 cm³/mol. The average Bonchev–Trinajstić information content (AvgIpc) is 2.41. The zero-order valence-corrected chi connectivity index (χ0v) is 12.1. The number of hydrogen-bond acceptors (Lipinski definition) is 3. The van der Waals surface area contributed by atoms with Crippen LogP contribution in [0.25, 0.3) is 0 Å². The van der Waals surface area contributed by atoms with Crippen LogP contribution >= 0.6 is 0 Å². The van der Waals surface area contributed by atoms with Crippen molar-refractivity contribution in [1.29, 1.82) is 0 Å². The number of carbonyl (C=O) groups is 1. The number of nitrogens with one attached hydrogen (secondary N) is 1. The number of carbonyl (C=O) groups excluding carboxylic acids is 1. The van der Waals surface area contributed by atoms with Crippen molar-refractivity contribution in [3.05, 3.63) is 29.8 Å². The molecule has 3 N–H and O–H groups in total. The predicted octanol–water partition coefficient (Wildman–Crippen LogP) is 2.47. The molecule has 2 unspecified atom stereocenters. The Labute approximate surface area is 120 Å². The smallest absolute Gasteiger partial charge is 0.221 e. The lowest BCUT2D eigenvalue weighted by Gasteiger charge is -2.31. The van der Waals surface area contributed by atoms with E-state index >= 15 is 0 Å². The zero-order valence-electron chi connectivity index (χ0n) is 12.1. The number of rotatable bonds is 6. The Morgan fingerprint density at radius 2 is 2.25 bits per heavy atom. The van der Waals surface area contributed by atoms with Gasteiger partial charge < -0.3 is 15.8 Å². The van der Waals surface area contributed by atoms with E-state index < -0.39 is 0 Å². The normalized spacial score (nSPS) is 22.4. The van der Waals surface area contributed by atoms with Crippen molar-refractivity contribution in [3.63, 3.8) is 0 Å². The molecule has 0 spiro atoms. The molecule has 0 aliphatic carbocycles. The summed E-state index contributed by atoms with van der Waals surface area (Å²) in [6.45, 7) is 2.99. The second kappa shape index (κ2) is 7.29. The van der Waals surface area contributed by atoms with Gasteiger partial charge in [-0.05, 0) is 30.9 Å². The van der Waals surface area contributed by atoms with E-state index in [1.165, 1.54) is 0 Å². The average molecular weight is 276 g/mol. The first-order valence-electron chi connectivity index (χ1n) is 7.43. The van der Waals surface area contributed by atoms with Crippen LogP contribution in [0.15, 0.2) is 24.3 Å². The van der Waals surface area contributed by atoms with Crippen molar-refractivity contribution in [2.75, 3.05) is 11.9 Å². The number of anilines is 1. The van der Waals surface area contributed by atoms with Gasteiger partial charge in [0.25, 0.3) is 0 Å². The third-order valence-electron chi connectivity index (χ3n) is 3.72. The van der Waals surface area contributed by atoms with E-state index in [-0.39, 0.29) is 12.3 Å². The molecule has 1 aliphatic heterocycles. The lowest BCUT2D eigenvalue weighted by molar-refractivity contribution is -0.117. The van der Waals surface area contributed by atoms with Crippen molar-refractivity contribution in [2.24, 2.45) is 5.73 Å². The van der Waals surface area contributed by atoms with E-state index in [2.05, 4.69) is 12.2 Å².